The number of aromatic nitrogens is 1. The second kappa shape index (κ2) is 6.32. The van der Waals surface area contributed by atoms with E-state index in [0.29, 0.717) is 11.5 Å². The van der Waals surface area contributed by atoms with Gasteiger partial charge in [-0.2, -0.15) is 0 Å². The van der Waals surface area contributed by atoms with Crippen LogP contribution in [-0.4, -0.2) is 34.8 Å². The third kappa shape index (κ3) is 3.16. The summed E-state index contributed by atoms with van der Waals surface area (Å²) < 4.78 is 5.09. The molecule has 1 aliphatic rings. The van der Waals surface area contributed by atoms with Crippen molar-refractivity contribution < 1.29 is 14.3 Å². The van der Waals surface area contributed by atoms with Crippen molar-refractivity contribution in [1.29, 1.82) is 0 Å². The van der Waals surface area contributed by atoms with Crippen LogP contribution in [-0.2, 0) is 9.53 Å². The van der Waals surface area contributed by atoms with Gasteiger partial charge in [-0.05, 0) is 31.4 Å². The highest BCUT2D eigenvalue weighted by atomic mass is 16.5. The lowest BCUT2D eigenvalue weighted by Crippen LogP contribution is -2.41. The summed E-state index contributed by atoms with van der Waals surface area (Å²) in [5.74, 6) is -0.403. The normalized spacial score (nSPS) is 20.2. The highest BCUT2D eigenvalue weighted by molar-refractivity contribution is 6.17. The maximum Gasteiger partial charge on any atom is 0.340 e. The molecular weight excluding hydrogens is 294 g/mol. The van der Waals surface area contributed by atoms with Crippen molar-refractivity contribution in [2.75, 3.05) is 6.61 Å². The first-order chi connectivity index (χ1) is 10.8. The lowest BCUT2D eigenvalue weighted by molar-refractivity contribution is -0.124. The minimum atomic E-state index is -0.871. The van der Waals surface area contributed by atoms with Crippen LogP contribution in [0.1, 0.15) is 42.4 Å². The molecule has 0 bridgehead atoms. The summed E-state index contributed by atoms with van der Waals surface area (Å²) >= 11 is 0. The Bertz CT molecular complexity index is 694. The highest BCUT2D eigenvalue weighted by Gasteiger charge is 2.43. The predicted octanol–water partition coefficient (Wildman–Crippen LogP) is 2.02. The van der Waals surface area contributed by atoms with Gasteiger partial charge in [0.25, 0.3) is 5.91 Å². The topological polar surface area (TPSA) is 80.7 Å². The summed E-state index contributed by atoms with van der Waals surface area (Å²) in [6.07, 6.45) is 3.12. The molecule has 1 unspecified atom stereocenters. The molecule has 6 heteroatoms. The van der Waals surface area contributed by atoms with Crippen LogP contribution in [0.3, 0.4) is 0 Å². The van der Waals surface area contributed by atoms with Gasteiger partial charge in [0.2, 0.25) is 0 Å². The molecule has 6 nitrogen and oxygen atoms in total. The summed E-state index contributed by atoms with van der Waals surface area (Å²) in [5.41, 5.74) is 0.543. The summed E-state index contributed by atoms with van der Waals surface area (Å²) in [6.45, 7) is 11.1. The Morgan fingerprint density at radius 1 is 1.52 bits per heavy atom. The predicted molar refractivity (Wildman–Crippen MR) is 87.4 cm³/mol. The third-order valence-electron chi connectivity index (χ3n) is 3.96. The first-order valence-electron chi connectivity index (χ1n) is 7.46. The number of carbonyl (C=O) groups excluding carboxylic acids is 2. The third-order valence-corrected chi connectivity index (χ3v) is 3.96. The van der Waals surface area contributed by atoms with Gasteiger partial charge in [-0.3, -0.25) is 9.78 Å². The van der Waals surface area contributed by atoms with E-state index in [0.717, 1.165) is 5.56 Å². The molecular formula is C17H21N3O3. The molecule has 2 heterocycles. The molecule has 0 spiro atoms. The number of ether oxygens (including phenoxy) is 1. The lowest BCUT2D eigenvalue weighted by atomic mass is 9.89. The Balaban J connectivity index is 2.46. The Hall–Kier alpha value is -2.50. The lowest BCUT2D eigenvalue weighted by Gasteiger charge is -2.21. The average Bonchev–Trinajstić information content (AvgIpc) is 2.81. The maximum atomic E-state index is 12.3. The van der Waals surface area contributed by atoms with Crippen molar-refractivity contribution in [3.63, 3.8) is 0 Å². The van der Waals surface area contributed by atoms with Crippen LogP contribution in [0.4, 0.5) is 0 Å². The molecule has 1 aromatic heterocycles. The molecule has 0 saturated heterocycles. The number of rotatable bonds is 5. The minimum absolute atomic E-state index is 0.0154. The molecule has 122 valence electrons. The fourth-order valence-corrected chi connectivity index (χ4v) is 2.17. The van der Waals surface area contributed by atoms with Crippen molar-refractivity contribution in [3.05, 3.63) is 41.7 Å². The minimum Gasteiger partial charge on any atom is -0.458 e. The Morgan fingerprint density at radius 3 is 2.78 bits per heavy atom. The second-order valence-corrected chi connectivity index (χ2v) is 6.01. The number of hydrogen-bond acceptors (Lipinski definition) is 5. The molecule has 0 radical (unpaired) electrons. The van der Waals surface area contributed by atoms with E-state index in [1.807, 2.05) is 20.8 Å². The number of nitrogens with zero attached hydrogens (tertiary/aromatic N) is 2. The molecule has 1 amide bonds. The number of esters is 1. The number of amidine groups is 1. The largest absolute Gasteiger partial charge is 0.458 e. The molecule has 2 rings (SSSR count). The highest BCUT2D eigenvalue weighted by Crippen LogP contribution is 2.27. The molecule has 0 fully saturated rings. The van der Waals surface area contributed by atoms with Gasteiger partial charge in [0.05, 0.1) is 5.56 Å². The van der Waals surface area contributed by atoms with Crippen molar-refractivity contribution in [1.82, 2.24) is 10.3 Å². The molecule has 23 heavy (non-hydrogen) atoms. The van der Waals surface area contributed by atoms with E-state index in [1.54, 1.807) is 19.2 Å². The van der Waals surface area contributed by atoms with E-state index in [4.69, 9.17) is 4.74 Å². The Labute approximate surface area is 135 Å². The zero-order valence-electron chi connectivity index (χ0n) is 13.8. The SMILES string of the molecule is C=CCOC(=O)c1cc(C)cnc1C1=NC(C)(C(C)C)C(=O)N1. The van der Waals surface area contributed by atoms with Crippen molar-refractivity contribution in [3.8, 4) is 0 Å². The average molecular weight is 315 g/mol. The number of hydrogen-bond donors (Lipinski definition) is 1. The number of pyridine rings is 1. The molecule has 1 atom stereocenters. The number of amides is 1. The molecule has 0 aromatic carbocycles. The summed E-state index contributed by atoms with van der Waals surface area (Å²) in [5, 5.41) is 2.73. The standard InChI is InChI=1S/C17H21N3O3/c1-6-7-23-15(21)12-8-11(4)9-18-13(12)14-19-16(22)17(5,20-14)10(2)3/h6,8-10H,1,7H2,2-5H3,(H,19,20,22). The van der Waals surface area contributed by atoms with Crippen LogP contribution in [0.15, 0.2) is 29.9 Å². The summed E-state index contributed by atoms with van der Waals surface area (Å²) in [6, 6.07) is 1.67. The van der Waals surface area contributed by atoms with Gasteiger partial charge in [0.1, 0.15) is 17.8 Å². The summed E-state index contributed by atoms with van der Waals surface area (Å²) in [4.78, 5) is 33.3. The van der Waals surface area contributed by atoms with Crippen molar-refractivity contribution >= 4 is 17.7 Å². The first kappa shape index (κ1) is 16.9. The number of aliphatic imine (C=N–C) groups is 1. The zero-order valence-corrected chi connectivity index (χ0v) is 13.8. The van der Waals surface area contributed by atoms with Crippen LogP contribution < -0.4 is 5.32 Å². The van der Waals surface area contributed by atoms with Crippen LogP contribution in [0.2, 0.25) is 0 Å². The molecule has 0 aliphatic carbocycles. The van der Waals surface area contributed by atoms with Crippen molar-refractivity contribution in [2.24, 2.45) is 10.9 Å². The quantitative estimate of drug-likeness (QED) is 0.666. The van der Waals surface area contributed by atoms with Gasteiger partial charge in [-0.1, -0.05) is 26.5 Å². The smallest absolute Gasteiger partial charge is 0.340 e. The fraction of sp³-hybridized carbons (Fsp3) is 0.412. The van der Waals surface area contributed by atoms with Crippen LogP contribution >= 0.6 is 0 Å². The molecule has 1 aromatic rings. The van der Waals surface area contributed by atoms with E-state index >= 15 is 0 Å². The number of carbonyl (C=O) groups is 2. The Morgan fingerprint density at radius 2 is 2.22 bits per heavy atom. The van der Waals surface area contributed by atoms with Gasteiger partial charge in [0, 0.05) is 6.20 Å². The van der Waals surface area contributed by atoms with Crippen molar-refractivity contribution in [2.45, 2.75) is 33.2 Å². The summed E-state index contributed by atoms with van der Waals surface area (Å²) in [7, 11) is 0. The molecule has 1 N–H and O–H groups in total. The molecule has 1 aliphatic heterocycles. The van der Waals surface area contributed by atoms with Crippen LogP contribution in [0.25, 0.3) is 0 Å². The van der Waals surface area contributed by atoms with Crippen LogP contribution in [0, 0.1) is 12.8 Å². The van der Waals surface area contributed by atoms with Gasteiger partial charge >= 0.3 is 5.97 Å². The van der Waals surface area contributed by atoms with Gasteiger partial charge < -0.3 is 10.1 Å². The Kier molecular flexibility index (Phi) is 4.63. The molecule has 0 saturated carbocycles. The second-order valence-electron chi connectivity index (χ2n) is 6.01. The van der Waals surface area contributed by atoms with E-state index < -0.39 is 11.5 Å². The van der Waals surface area contributed by atoms with E-state index in [9.17, 15) is 9.59 Å². The van der Waals surface area contributed by atoms with Gasteiger partial charge in [0.15, 0.2) is 5.84 Å². The zero-order chi connectivity index (χ0) is 17.2. The number of nitrogens with one attached hydrogen (secondary N) is 1. The van der Waals surface area contributed by atoms with E-state index in [1.165, 1.54) is 6.08 Å². The maximum absolute atomic E-state index is 12.3. The first-order valence-corrected chi connectivity index (χ1v) is 7.46. The van der Waals surface area contributed by atoms with E-state index in [2.05, 4.69) is 21.9 Å². The van der Waals surface area contributed by atoms with Crippen LogP contribution in [0.5, 0.6) is 0 Å². The van der Waals surface area contributed by atoms with Gasteiger partial charge in [-0.15, -0.1) is 0 Å². The monoisotopic (exact) mass is 315 g/mol. The van der Waals surface area contributed by atoms with Gasteiger partial charge in [-0.25, -0.2) is 9.79 Å². The fourth-order valence-electron chi connectivity index (χ4n) is 2.17. The number of aryl methyl sites for hydroxylation is 1. The van der Waals surface area contributed by atoms with E-state index in [-0.39, 0.29) is 24.0 Å².